The van der Waals surface area contributed by atoms with Gasteiger partial charge in [0.25, 0.3) is 0 Å². The standard InChI is InChI=1S/C24H36N4O6S/c1-35(32,33)28-11-9-19(10-12-28)34-20-7-8-21(22(17-20)23(29)25-31)24(30)27-15-13-26(14-16-27)18-5-3-2-4-6-18/h2-6,19-22,31H,7-17H2,1H3,(H,25,29). The average molecular weight is 509 g/mol. The molecule has 3 aliphatic rings. The molecule has 2 saturated heterocycles. The molecule has 0 radical (unpaired) electrons. The molecule has 2 amide bonds. The molecule has 2 heterocycles. The summed E-state index contributed by atoms with van der Waals surface area (Å²) in [5.74, 6) is -1.73. The Labute approximate surface area is 207 Å². The third kappa shape index (κ3) is 6.32. The van der Waals surface area contributed by atoms with E-state index < -0.39 is 27.8 Å². The van der Waals surface area contributed by atoms with E-state index in [0.29, 0.717) is 58.3 Å². The number of nitrogens with zero attached hydrogens (tertiary/aromatic N) is 3. The van der Waals surface area contributed by atoms with Gasteiger partial charge in [0.2, 0.25) is 21.8 Å². The van der Waals surface area contributed by atoms with Crippen molar-refractivity contribution >= 4 is 27.5 Å². The minimum atomic E-state index is -3.20. The van der Waals surface area contributed by atoms with E-state index in [4.69, 9.17) is 4.74 Å². The van der Waals surface area contributed by atoms with Crippen molar-refractivity contribution in [1.29, 1.82) is 0 Å². The number of carbonyl (C=O) groups is 2. The average Bonchev–Trinajstić information content (AvgIpc) is 2.88. The quantitative estimate of drug-likeness (QED) is 0.436. The number of hydrogen-bond donors (Lipinski definition) is 2. The summed E-state index contributed by atoms with van der Waals surface area (Å²) in [6.07, 6.45) is 3.68. The van der Waals surface area contributed by atoms with E-state index in [-0.39, 0.29) is 18.1 Å². The maximum absolute atomic E-state index is 13.4. The highest BCUT2D eigenvalue weighted by Crippen LogP contribution is 2.35. The number of anilines is 1. The van der Waals surface area contributed by atoms with Crippen LogP contribution in [-0.2, 0) is 24.3 Å². The molecule has 35 heavy (non-hydrogen) atoms. The van der Waals surface area contributed by atoms with Crippen molar-refractivity contribution in [3.63, 3.8) is 0 Å². The Hall–Kier alpha value is -2.21. The molecule has 1 saturated carbocycles. The number of sulfonamides is 1. The Bertz CT molecular complexity index is 975. The number of nitrogens with one attached hydrogen (secondary N) is 1. The summed E-state index contributed by atoms with van der Waals surface area (Å²) in [5.41, 5.74) is 2.89. The second kappa shape index (κ2) is 11.2. The van der Waals surface area contributed by atoms with Gasteiger partial charge in [-0.05, 0) is 44.2 Å². The molecule has 194 valence electrons. The van der Waals surface area contributed by atoms with Crippen molar-refractivity contribution in [3.8, 4) is 0 Å². The molecule has 4 rings (SSSR count). The molecule has 0 aromatic heterocycles. The number of rotatable bonds is 6. The van der Waals surface area contributed by atoms with Crippen molar-refractivity contribution in [2.45, 2.75) is 44.3 Å². The van der Waals surface area contributed by atoms with Gasteiger partial charge in [-0.2, -0.15) is 0 Å². The summed E-state index contributed by atoms with van der Waals surface area (Å²) in [4.78, 5) is 30.0. The number of amides is 2. The molecule has 0 spiro atoms. The molecule has 1 aromatic rings. The van der Waals surface area contributed by atoms with Crippen LogP contribution in [-0.4, -0.2) is 92.4 Å². The topological polar surface area (TPSA) is 119 Å². The van der Waals surface area contributed by atoms with Crippen LogP contribution in [0, 0.1) is 11.8 Å². The van der Waals surface area contributed by atoms with Crippen molar-refractivity contribution in [2.24, 2.45) is 11.8 Å². The summed E-state index contributed by atoms with van der Waals surface area (Å²) in [7, 11) is -3.20. The fourth-order valence-corrected chi connectivity index (χ4v) is 6.43. The lowest BCUT2D eigenvalue weighted by Gasteiger charge is -2.41. The van der Waals surface area contributed by atoms with Gasteiger partial charge in [-0.1, -0.05) is 18.2 Å². The monoisotopic (exact) mass is 508 g/mol. The maximum Gasteiger partial charge on any atom is 0.247 e. The van der Waals surface area contributed by atoms with Gasteiger partial charge in [-0.25, -0.2) is 18.2 Å². The Balaban J connectivity index is 1.32. The third-order valence-corrected chi connectivity index (χ3v) is 8.84. The fourth-order valence-electron chi connectivity index (χ4n) is 5.55. The number of ether oxygens (including phenoxy) is 1. The molecule has 2 aliphatic heterocycles. The lowest BCUT2D eigenvalue weighted by atomic mass is 9.76. The number of piperazine rings is 1. The number of hydrogen-bond acceptors (Lipinski definition) is 7. The number of hydroxylamine groups is 1. The summed E-state index contributed by atoms with van der Waals surface area (Å²) in [6, 6.07) is 10.1. The third-order valence-electron chi connectivity index (χ3n) is 7.53. The summed E-state index contributed by atoms with van der Waals surface area (Å²) >= 11 is 0. The van der Waals surface area contributed by atoms with E-state index in [1.807, 2.05) is 23.1 Å². The van der Waals surface area contributed by atoms with Crippen LogP contribution in [0.4, 0.5) is 5.69 Å². The van der Waals surface area contributed by atoms with E-state index in [1.165, 1.54) is 10.6 Å². The molecule has 0 bridgehead atoms. The highest BCUT2D eigenvalue weighted by molar-refractivity contribution is 7.88. The highest BCUT2D eigenvalue weighted by Gasteiger charge is 2.42. The maximum atomic E-state index is 13.4. The number of carbonyl (C=O) groups excluding carboxylic acids is 2. The molecule has 3 unspecified atom stereocenters. The molecule has 10 nitrogen and oxygen atoms in total. The van der Waals surface area contributed by atoms with Gasteiger partial charge in [0.15, 0.2) is 0 Å². The smallest absolute Gasteiger partial charge is 0.247 e. The zero-order valence-corrected chi connectivity index (χ0v) is 21.0. The molecule has 2 N–H and O–H groups in total. The number of benzene rings is 1. The Kier molecular flexibility index (Phi) is 8.31. The van der Waals surface area contributed by atoms with E-state index in [2.05, 4.69) is 17.0 Å². The minimum absolute atomic E-state index is 0.0359. The number of para-hydroxylation sites is 1. The molecule has 3 fully saturated rings. The SMILES string of the molecule is CS(=O)(=O)N1CCC(OC2CCC(C(=O)N3CCN(c4ccccc4)CC3)C(C(=O)NO)C2)CC1. The summed E-state index contributed by atoms with van der Waals surface area (Å²) < 4.78 is 31.2. The van der Waals surface area contributed by atoms with Gasteiger partial charge in [0.1, 0.15) is 0 Å². The first-order chi connectivity index (χ1) is 16.8. The van der Waals surface area contributed by atoms with E-state index in [0.717, 1.165) is 18.8 Å². The predicted molar refractivity (Wildman–Crippen MR) is 130 cm³/mol. The van der Waals surface area contributed by atoms with Crippen LogP contribution in [0.5, 0.6) is 0 Å². The molecule has 11 heteroatoms. The van der Waals surface area contributed by atoms with Crippen LogP contribution in [0.3, 0.4) is 0 Å². The molecule has 3 atom stereocenters. The van der Waals surface area contributed by atoms with E-state index in [9.17, 15) is 23.2 Å². The molecular formula is C24H36N4O6S. The minimum Gasteiger partial charge on any atom is -0.375 e. The van der Waals surface area contributed by atoms with Crippen LogP contribution in [0.25, 0.3) is 0 Å². The van der Waals surface area contributed by atoms with Crippen molar-refractivity contribution in [1.82, 2.24) is 14.7 Å². The van der Waals surface area contributed by atoms with Gasteiger partial charge in [0, 0.05) is 50.9 Å². The van der Waals surface area contributed by atoms with Gasteiger partial charge >= 0.3 is 0 Å². The lowest BCUT2D eigenvalue weighted by molar-refractivity contribution is -0.152. The molecular weight excluding hydrogens is 472 g/mol. The zero-order valence-electron chi connectivity index (χ0n) is 20.2. The molecule has 1 aliphatic carbocycles. The Morgan fingerprint density at radius 2 is 1.57 bits per heavy atom. The van der Waals surface area contributed by atoms with Crippen LogP contribution >= 0.6 is 0 Å². The van der Waals surface area contributed by atoms with Gasteiger partial charge in [-0.15, -0.1) is 0 Å². The van der Waals surface area contributed by atoms with Crippen LogP contribution in [0.1, 0.15) is 32.1 Å². The summed E-state index contributed by atoms with van der Waals surface area (Å²) in [6.45, 7) is 3.50. The second-order valence-corrected chi connectivity index (χ2v) is 11.8. The summed E-state index contributed by atoms with van der Waals surface area (Å²) in [5, 5.41) is 9.34. The normalized spacial score (nSPS) is 27.0. The zero-order chi connectivity index (χ0) is 25.0. The van der Waals surface area contributed by atoms with E-state index in [1.54, 1.807) is 5.48 Å². The fraction of sp³-hybridized carbons (Fsp3) is 0.667. The van der Waals surface area contributed by atoms with Crippen molar-refractivity contribution in [3.05, 3.63) is 30.3 Å². The van der Waals surface area contributed by atoms with Crippen molar-refractivity contribution < 1.29 is 28.0 Å². The van der Waals surface area contributed by atoms with Crippen LogP contribution in [0.2, 0.25) is 0 Å². The first-order valence-corrected chi connectivity index (χ1v) is 14.2. The van der Waals surface area contributed by atoms with Crippen LogP contribution in [0.15, 0.2) is 30.3 Å². The first kappa shape index (κ1) is 25.9. The van der Waals surface area contributed by atoms with Gasteiger partial charge in [-0.3, -0.25) is 14.8 Å². The Morgan fingerprint density at radius 3 is 2.17 bits per heavy atom. The van der Waals surface area contributed by atoms with Gasteiger partial charge < -0.3 is 14.5 Å². The Morgan fingerprint density at radius 1 is 0.914 bits per heavy atom. The first-order valence-electron chi connectivity index (χ1n) is 12.4. The molecule has 1 aromatic carbocycles. The van der Waals surface area contributed by atoms with Crippen molar-refractivity contribution in [2.75, 3.05) is 50.4 Å². The number of piperidine rings is 1. The lowest BCUT2D eigenvalue weighted by Crippen LogP contribution is -2.53. The predicted octanol–water partition coefficient (Wildman–Crippen LogP) is 1.07. The highest BCUT2D eigenvalue weighted by atomic mass is 32.2. The van der Waals surface area contributed by atoms with E-state index >= 15 is 0 Å². The second-order valence-electron chi connectivity index (χ2n) is 9.77. The van der Waals surface area contributed by atoms with Gasteiger partial charge in [0.05, 0.1) is 24.4 Å². The largest absolute Gasteiger partial charge is 0.375 e. The van der Waals surface area contributed by atoms with Crippen LogP contribution < -0.4 is 10.4 Å².